The molecule has 0 radical (unpaired) electrons. The van der Waals surface area contributed by atoms with Crippen LogP contribution in [0.4, 0.5) is 0 Å². The van der Waals surface area contributed by atoms with E-state index in [1.807, 2.05) is 6.92 Å². The molecule has 0 bridgehead atoms. The quantitative estimate of drug-likeness (QED) is 0.478. The first-order chi connectivity index (χ1) is 6.15. The summed E-state index contributed by atoms with van der Waals surface area (Å²) in [6.07, 6.45) is 7.59. The second kappa shape index (κ2) is 4.13. The Morgan fingerprint density at radius 2 is 2.31 bits per heavy atom. The van der Waals surface area contributed by atoms with Crippen LogP contribution in [-0.4, -0.2) is 12.1 Å². The lowest BCUT2D eigenvalue weighted by atomic mass is 10.2. The van der Waals surface area contributed by atoms with Gasteiger partial charge in [-0.2, -0.15) is 0 Å². The van der Waals surface area contributed by atoms with Gasteiger partial charge in [-0.3, -0.25) is 0 Å². The van der Waals surface area contributed by atoms with Gasteiger partial charge < -0.3 is 4.74 Å². The maximum atomic E-state index is 11.4. The zero-order valence-electron chi connectivity index (χ0n) is 8.09. The molecule has 2 heteroatoms. The Balaban J connectivity index is 2.59. The van der Waals surface area contributed by atoms with Gasteiger partial charge in [0.1, 0.15) is 0 Å². The van der Waals surface area contributed by atoms with E-state index < -0.39 is 6.10 Å². The van der Waals surface area contributed by atoms with Gasteiger partial charge >= 0.3 is 5.97 Å². The zero-order chi connectivity index (χ0) is 9.84. The predicted octanol–water partition coefficient (Wildman–Crippen LogP) is 2.05. The third kappa shape index (κ3) is 2.35. The molecule has 0 spiro atoms. The van der Waals surface area contributed by atoms with Gasteiger partial charge in [0.2, 0.25) is 0 Å². The van der Waals surface area contributed by atoms with Crippen LogP contribution < -0.4 is 0 Å². The summed E-state index contributed by atoms with van der Waals surface area (Å²) >= 11 is 0. The van der Waals surface area contributed by atoms with Gasteiger partial charge in [-0.1, -0.05) is 11.5 Å². The first-order valence-electron chi connectivity index (χ1n) is 4.51. The summed E-state index contributed by atoms with van der Waals surface area (Å²) in [5.74, 6) is 2.13. The van der Waals surface area contributed by atoms with E-state index in [0.717, 1.165) is 30.4 Å². The number of carbonyl (C=O) groups is 1. The monoisotopic (exact) mass is 178 g/mol. The summed E-state index contributed by atoms with van der Waals surface area (Å²) < 4.78 is 5.02. The van der Waals surface area contributed by atoms with E-state index in [0.29, 0.717) is 0 Å². The Kier molecular flexibility index (Phi) is 3.13. The summed E-state index contributed by atoms with van der Waals surface area (Å²) in [6.45, 7) is 3.67. The van der Waals surface area contributed by atoms with Crippen LogP contribution in [0.5, 0.6) is 0 Å². The first-order valence-corrected chi connectivity index (χ1v) is 4.51. The fraction of sp³-hybridized carbons (Fsp3) is 0.545. The number of rotatable bonds is 2. The first kappa shape index (κ1) is 9.85. The van der Waals surface area contributed by atoms with Gasteiger partial charge in [0, 0.05) is 5.57 Å². The molecule has 0 aliphatic heterocycles. The molecule has 70 valence electrons. The lowest BCUT2D eigenvalue weighted by Gasteiger charge is -2.08. The highest BCUT2D eigenvalue weighted by Gasteiger charge is 2.20. The van der Waals surface area contributed by atoms with Crippen molar-refractivity contribution in [1.29, 1.82) is 0 Å². The largest absolute Gasteiger partial charge is 0.446 e. The number of hydrogen-bond acceptors (Lipinski definition) is 2. The molecule has 13 heavy (non-hydrogen) atoms. The minimum Gasteiger partial charge on any atom is -0.446 e. The maximum Gasteiger partial charge on any atom is 0.335 e. The average Bonchev–Trinajstić information content (AvgIpc) is 2.51. The molecule has 0 saturated heterocycles. The van der Waals surface area contributed by atoms with Crippen LogP contribution in [0.15, 0.2) is 11.1 Å². The molecule has 1 aliphatic rings. The van der Waals surface area contributed by atoms with Crippen LogP contribution in [0, 0.1) is 12.3 Å². The van der Waals surface area contributed by atoms with Crippen molar-refractivity contribution >= 4 is 5.97 Å². The van der Waals surface area contributed by atoms with Crippen molar-refractivity contribution in [1.82, 2.24) is 0 Å². The molecule has 0 heterocycles. The second-order valence-electron chi connectivity index (χ2n) is 3.33. The van der Waals surface area contributed by atoms with E-state index in [2.05, 4.69) is 5.92 Å². The van der Waals surface area contributed by atoms with Crippen molar-refractivity contribution in [2.45, 2.75) is 39.2 Å². The minimum absolute atomic E-state index is 0.236. The standard InChI is InChI=1S/C11H14O2/c1-4-9(3)13-11(12)10-7-5-6-8(10)2/h1,9H,5-7H2,2-3H3. The van der Waals surface area contributed by atoms with E-state index in [9.17, 15) is 4.79 Å². The number of hydrogen-bond donors (Lipinski definition) is 0. The van der Waals surface area contributed by atoms with E-state index >= 15 is 0 Å². The predicted molar refractivity (Wildman–Crippen MR) is 50.9 cm³/mol. The summed E-state index contributed by atoms with van der Waals surface area (Å²) in [4.78, 5) is 11.4. The lowest BCUT2D eigenvalue weighted by molar-refractivity contribution is -0.141. The van der Waals surface area contributed by atoms with Crippen LogP contribution in [0.2, 0.25) is 0 Å². The number of esters is 1. The minimum atomic E-state index is -0.423. The molecule has 0 fully saturated rings. The van der Waals surface area contributed by atoms with Crippen molar-refractivity contribution in [3.63, 3.8) is 0 Å². The Morgan fingerprint density at radius 3 is 2.77 bits per heavy atom. The molecule has 1 aliphatic carbocycles. The number of carbonyl (C=O) groups excluding carboxylic acids is 1. The fourth-order valence-electron chi connectivity index (χ4n) is 1.44. The zero-order valence-corrected chi connectivity index (χ0v) is 8.09. The number of terminal acetylenes is 1. The third-order valence-corrected chi connectivity index (χ3v) is 2.26. The van der Waals surface area contributed by atoms with Gasteiger partial charge in [0.05, 0.1) is 0 Å². The van der Waals surface area contributed by atoms with Crippen LogP contribution in [0.25, 0.3) is 0 Å². The summed E-state index contributed by atoms with van der Waals surface area (Å²) in [5.41, 5.74) is 1.97. The number of ether oxygens (including phenoxy) is 1. The van der Waals surface area contributed by atoms with Crippen LogP contribution in [0.3, 0.4) is 0 Å². The Morgan fingerprint density at radius 1 is 1.62 bits per heavy atom. The van der Waals surface area contributed by atoms with Crippen molar-refractivity contribution in [2.24, 2.45) is 0 Å². The van der Waals surface area contributed by atoms with Crippen LogP contribution in [0.1, 0.15) is 33.1 Å². The number of allylic oxidation sites excluding steroid dienone is 1. The molecular weight excluding hydrogens is 164 g/mol. The molecule has 0 amide bonds. The molecule has 1 unspecified atom stereocenters. The van der Waals surface area contributed by atoms with Crippen molar-refractivity contribution in [2.75, 3.05) is 0 Å². The molecule has 2 nitrogen and oxygen atoms in total. The van der Waals surface area contributed by atoms with Crippen LogP contribution in [-0.2, 0) is 9.53 Å². The SMILES string of the molecule is C#CC(C)OC(=O)C1=C(C)CCC1. The Bertz CT molecular complexity index is 281. The molecule has 0 aromatic rings. The van der Waals surface area contributed by atoms with Gasteiger partial charge in [-0.05, 0) is 33.1 Å². The second-order valence-corrected chi connectivity index (χ2v) is 3.33. The highest BCUT2D eigenvalue weighted by atomic mass is 16.5. The van der Waals surface area contributed by atoms with Gasteiger partial charge in [0.15, 0.2) is 6.10 Å². The Labute approximate surface area is 79.0 Å². The summed E-state index contributed by atoms with van der Waals surface area (Å²) in [6, 6.07) is 0. The molecule has 0 aromatic carbocycles. The van der Waals surface area contributed by atoms with E-state index in [1.165, 1.54) is 0 Å². The van der Waals surface area contributed by atoms with Gasteiger partial charge in [0.25, 0.3) is 0 Å². The van der Waals surface area contributed by atoms with Gasteiger partial charge in [-0.15, -0.1) is 6.42 Å². The highest BCUT2D eigenvalue weighted by Crippen LogP contribution is 2.26. The maximum absolute atomic E-state index is 11.4. The molecule has 0 saturated carbocycles. The molecule has 1 atom stereocenters. The Hall–Kier alpha value is -1.23. The average molecular weight is 178 g/mol. The van der Waals surface area contributed by atoms with Crippen LogP contribution >= 0.6 is 0 Å². The van der Waals surface area contributed by atoms with Crippen molar-refractivity contribution < 1.29 is 9.53 Å². The summed E-state index contributed by atoms with van der Waals surface area (Å²) in [7, 11) is 0. The van der Waals surface area contributed by atoms with Crippen molar-refractivity contribution in [3.05, 3.63) is 11.1 Å². The highest BCUT2D eigenvalue weighted by molar-refractivity contribution is 5.90. The van der Waals surface area contributed by atoms with E-state index in [-0.39, 0.29) is 5.97 Å². The fourth-order valence-corrected chi connectivity index (χ4v) is 1.44. The topological polar surface area (TPSA) is 26.3 Å². The lowest BCUT2D eigenvalue weighted by Crippen LogP contribution is -2.14. The normalized spacial score (nSPS) is 18.2. The molecule has 1 rings (SSSR count). The van der Waals surface area contributed by atoms with E-state index in [4.69, 9.17) is 11.2 Å². The third-order valence-electron chi connectivity index (χ3n) is 2.26. The smallest absolute Gasteiger partial charge is 0.335 e. The molecular formula is C11H14O2. The molecule has 0 N–H and O–H groups in total. The molecule has 0 aromatic heterocycles. The van der Waals surface area contributed by atoms with Crippen molar-refractivity contribution in [3.8, 4) is 12.3 Å². The van der Waals surface area contributed by atoms with Gasteiger partial charge in [-0.25, -0.2) is 4.79 Å². The summed E-state index contributed by atoms with van der Waals surface area (Å²) in [5, 5.41) is 0. The van der Waals surface area contributed by atoms with E-state index in [1.54, 1.807) is 6.92 Å².